The van der Waals surface area contributed by atoms with E-state index < -0.39 is 0 Å². The molecular formula is C18H21N3O2. The van der Waals surface area contributed by atoms with Crippen LogP contribution in [0.5, 0.6) is 0 Å². The molecule has 1 saturated heterocycles. The van der Waals surface area contributed by atoms with Crippen LogP contribution in [-0.4, -0.2) is 37.2 Å². The van der Waals surface area contributed by atoms with Crippen LogP contribution >= 0.6 is 0 Å². The molecule has 1 aliphatic rings. The highest BCUT2D eigenvalue weighted by molar-refractivity contribution is 6.03. The molecule has 0 radical (unpaired) electrons. The third-order valence-corrected chi connectivity index (χ3v) is 3.95. The fraction of sp³-hybridized carbons (Fsp3) is 0.333. The zero-order valence-corrected chi connectivity index (χ0v) is 13.3. The number of anilines is 2. The van der Waals surface area contributed by atoms with Gasteiger partial charge in [0, 0.05) is 18.8 Å². The minimum absolute atomic E-state index is 0.180. The number of nitrogens with zero attached hydrogens (tertiary/aromatic N) is 2. The molecule has 5 nitrogen and oxygen atoms in total. The maximum Gasteiger partial charge on any atom is 0.274 e. The van der Waals surface area contributed by atoms with Gasteiger partial charge in [0.15, 0.2) is 0 Å². The number of carbonyl (C=O) groups excluding carboxylic acids is 1. The van der Waals surface area contributed by atoms with Crippen LogP contribution in [0.4, 0.5) is 11.5 Å². The molecule has 0 saturated carbocycles. The molecule has 0 spiro atoms. The van der Waals surface area contributed by atoms with Crippen LogP contribution in [0.2, 0.25) is 0 Å². The average molecular weight is 311 g/mol. The van der Waals surface area contributed by atoms with Gasteiger partial charge in [-0.1, -0.05) is 31.2 Å². The monoisotopic (exact) mass is 311 g/mol. The van der Waals surface area contributed by atoms with E-state index in [4.69, 9.17) is 4.74 Å². The van der Waals surface area contributed by atoms with Crippen molar-refractivity contribution in [1.82, 2.24) is 4.98 Å². The number of aromatic nitrogens is 1. The van der Waals surface area contributed by atoms with Crippen molar-refractivity contribution >= 4 is 17.4 Å². The van der Waals surface area contributed by atoms with Crippen LogP contribution in [0, 0.1) is 0 Å². The number of nitrogens with one attached hydrogen (secondary N) is 1. The smallest absolute Gasteiger partial charge is 0.274 e. The predicted molar refractivity (Wildman–Crippen MR) is 91.0 cm³/mol. The van der Waals surface area contributed by atoms with Crippen molar-refractivity contribution in [2.24, 2.45) is 0 Å². The topological polar surface area (TPSA) is 54.5 Å². The molecule has 0 aliphatic carbocycles. The summed E-state index contributed by atoms with van der Waals surface area (Å²) in [7, 11) is 0. The van der Waals surface area contributed by atoms with Gasteiger partial charge in [0.05, 0.1) is 13.2 Å². The van der Waals surface area contributed by atoms with E-state index in [1.54, 1.807) is 6.07 Å². The fourth-order valence-electron chi connectivity index (χ4n) is 2.66. The van der Waals surface area contributed by atoms with Crippen molar-refractivity contribution in [1.29, 1.82) is 0 Å². The number of morpholine rings is 1. The van der Waals surface area contributed by atoms with Gasteiger partial charge in [-0.05, 0) is 30.2 Å². The van der Waals surface area contributed by atoms with E-state index >= 15 is 0 Å². The minimum atomic E-state index is -0.180. The molecule has 1 fully saturated rings. The Morgan fingerprint density at radius 2 is 1.96 bits per heavy atom. The predicted octanol–water partition coefficient (Wildman–Crippen LogP) is 2.73. The summed E-state index contributed by atoms with van der Waals surface area (Å²) in [5.74, 6) is 0.644. The number of hydrogen-bond donors (Lipinski definition) is 1. The first-order chi connectivity index (χ1) is 11.3. The van der Waals surface area contributed by atoms with E-state index in [2.05, 4.69) is 22.1 Å². The lowest BCUT2D eigenvalue weighted by Gasteiger charge is -2.27. The van der Waals surface area contributed by atoms with Crippen LogP contribution in [0.1, 0.15) is 23.0 Å². The second kappa shape index (κ2) is 7.24. The number of ether oxygens (including phenoxy) is 1. The lowest BCUT2D eigenvalue weighted by atomic mass is 10.1. The average Bonchev–Trinajstić information content (AvgIpc) is 2.63. The van der Waals surface area contributed by atoms with E-state index in [0.717, 1.165) is 36.6 Å². The summed E-state index contributed by atoms with van der Waals surface area (Å²) < 4.78 is 5.35. The van der Waals surface area contributed by atoms with Gasteiger partial charge in [-0.15, -0.1) is 0 Å². The number of pyridine rings is 1. The van der Waals surface area contributed by atoms with Crippen molar-refractivity contribution in [3.05, 3.63) is 53.7 Å². The number of rotatable bonds is 4. The Labute approximate surface area is 136 Å². The largest absolute Gasteiger partial charge is 0.378 e. The maximum atomic E-state index is 12.5. The molecule has 2 heterocycles. The third-order valence-electron chi connectivity index (χ3n) is 3.95. The maximum absolute atomic E-state index is 12.5. The fourth-order valence-corrected chi connectivity index (χ4v) is 2.66. The molecule has 1 N–H and O–H groups in total. The summed E-state index contributed by atoms with van der Waals surface area (Å²) in [6.45, 7) is 5.07. The Hall–Kier alpha value is -2.40. The molecular weight excluding hydrogens is 290 g/mol. The Morgan fingerprint density at radius 1 is 1.17 bits per heavy atom. The first kappa shape index (κ1) is 15.5. The summed E-state index contributed by atoms with van der Waals surface area (Å²) in [5, 5.41) is 2.96. The van der Waals surface area contributed by atoms with E-state index in [9.17, 15) is 4.79 Å². The van der Waals surface area contributed by atoms with Crippen molar-refractivity contribution in [3.8, 4) is 0 Å². The highest BCUT2D eigenvalue weighted by atomic mass is 16.5. The molecule has 1 aliphatic heterocycles. The summed E-state index contributed by atoms with van der Waals surface area (Å²) in [4.78, 5) is 19.1. The normalized spacial score (nSPS) is 14.6. The van der Waals surface area contributed by atoms with Crippen LogP contribution in [-0.2, 0) is 11.2 Å². The molecule has 1 amide bonds. The number of aryl methyl sites for hydroxylation is 1. The van der Waals surface area contributed by atoms with E-state index in [0.29, 0.717) is 18.9 Å². The quantitative estimate of drug-likeness (QED) is 0.943. The number of amides is 1. The van der Waals surface area contributed by atoms with Gasteiger partial charge in [-0.25, -0.2) is 4.98 Å². The molecule has 0 bridgehead atoms. The molecule has 0 atom stereocenters. The van der Waals surface area contributed by atoms with E-state index in [-0.39, 0.29) is 5.91 Å². The Bertz CT molecular complexity index is 681. The molecule has 5 heteroatoms. The minimum Gasteiger partial charge on any atom is -0.378 e. The van der Waals surface area contributed by atoms with Crippen molar-refractivity contribution in [2.45, 2.75) is 13.3 Å². The summed E-state index contributed by atoms with van der Waals surface area (Å²) in [5.41, 5.74) is 2.39. The molecule has 3 rings (SSSR count). The molecule has 0 unspecified atom stereocenters. The zero-order valence-electron chi connectivity index (χ0n) is 13.3. The Morgan fingerprint density at radius 3 is 2.74 bits per heavy atom. The summed E-state index contributed by atoms with van der Waals surface area (Å²) in [6.07, 6.45) is 0.873. The number of carbonyl (C=O) groups is 1. The van der Waals surface area contributed by atoms with Crippen LogP contribution < -0.4 is 10.2 Å². The number of para-hydroxylation sites is 1. The van der Waals surface area contributed by atoms with Crippen LogP contribution in [0.25, 0.3) is 0 Å². The molecule has 2 aromatic rings. The van der Waals surface area contributed by atoms with Gasteiger partial charge >= 0.3 is 0 Å². The molecule has 1 aromatic carbocycles. The molecule has 120 valence electrons. The number of hydrogen-bond acceptors (Lipinski definition) is 4. The van der Waals surface area contributed by atoms with Gasteiger partial charge < -0.3 is 15.0 Å². The summed E-state index contributed by atoms with van der Waals surface area (Å²) >= 11 is 0. The van der Waals surface area contributed by atoms with Gasteiger partial charge in [-0.2, -0.15) is 0 Å². The zero-order chi connectivity index (χ0) is 16.1. The van der Waals surface area contributed by atoms with Gasteiger partial charge in [-0.3, -0.25) is 4.79 Å². The molecule has 23 heavy (non-hydrogen) atoms. The highest BCUT2D eigenvalue weighted by Gasteiger charge is 2.15. The van der Waals surface area contributed by atoms with Crippen LogP contribution in [0.3, 0.4) is 0 Å². The van der Waals surface area contributed by atoms with E-state index in [1.807, 2.05) is 36.4 Å². The third kappa shape index (κ3) is 3.68. The van der Waals surface area contributed by atoms with Gasteiger partial charge in [0.25, 0.3) is 5.91 Å². The lowest BCUT2D eigenvalue weighted by Crippen LogP contribution is -2.37. The second-order valence-electron chi connectivity index (χ2n) is 5.45. The second-order valence-corrected chi connectivity index (χ2v) is 5.45. The lowest BCUT2D eigenvalue weighted by molar-refractivity contribution is 0.102. The van der Waals surface area contributed by atoms with Crippen molar-refractivity contribution in [3.63, 3.8) is 0 Å². The first-order valence-corrected chi connectivity index (χ1v) is 7.97. The van der Waals surface area contributed by atoms with Crippen LogP contribution in [0.15, 0.2) is 42.5 Å². The highest BCUT2D eigenvalue weighted by Crippen LogP contribution is 2.18. The van der Waals surface area contributed by atoms with E-state index in [1.165, 1.54) is 0 Å². The van der Waals surface area contributed by atoms with Crippen molar-refractivity contribution < 1.29 is 9.53 Å². The van der Waals surface area contributed by atoms with Gasteiger partial charge in [0.1, 0.15) is 11.5 Å². The number of benzene rings is 1. The first-order valence-electron chi connectivity index (χ1n) is 7.97. The Balaban J connectivity index is 1.77. The Kier molecular flexibility index (Phi) is 4.88. The standard InChI is InChI=1S/C18H21N3O2/c1-2-14-6-3-4-7-15(14)20-18(22)16-8-5-9-17(19-16)21-10-12-23-13-11-21/h3-9H,2,10-13H2,1H3,(H,20,22). The van der Waals surface area contributed by atoms with Crippen molar-refractivity contribution in [2.75, 3.05) is 36.5 Å². The molecule has 1 aromatic heterocycles. The van der Waals surface area contributed by atoms with Gasteiger partial charge in [0.2, 0.25) is 0 Å². The summed E-state index contributed by atoms with van der Waals surface area (Å²) in [6, 6.07) is 13.4. The SMILES string of the molecule is CCc1ccccc1NC(=O)c1cccc(N2CCOCC2)n1.